The second kappa shape index (κ2) is 13.3. The summed E-state index contributed by atoms with van der Waals surface area (Å²) >= 11 is 0. The Balaban J connectivity index is 1.19. The van der Waals surface area contributed by atoms with Crippen molar-refractivity contribution in [1.82, 2.24) is 9.97 Å². The van der Waals surface area contributed by atoms with E-state index >= 15 is 0 Å². The lowest BCUT2D eigenvalue weighted by molar-refractivity contribution is 1.25. The number of rotatable bonds is 8. The smallest absolute Gasteiger partial charge is 0.0973 e. The Hall–Kier alpha value is -6.52. The zero-order valence-corrected chi connectivity index (χ0v) is 27.2. The second-order valence-electron chi connectivity index (χ2n) is 12.0. The largest absolute Gasteiger partial charge is 0.311 e. The van der Waals surface area contributed by atoms with Crippen LogP contribution in [0.5, 0.6) is 0 Å². The molecule has 0 aliphatic carbocycles. The van der Waals surface area contributed by atoms with E-state index in [0.29, 0.717) is 0 Å². The SMILES string of the molecule is Cc1ccc2nc(-c3ccc(N(c4ccccc4)c4ccc(N(c5ccccc5)c5ccccc5)cc4)cc3)c(-c3ccccc3)nc2c1. The predicted octanol–water partition coefficient (Wildman–Crippen LogP) is 12.2. The molecule has 1 heterocycles. The van der Waals surface area contributed by atoms with Crippen molar-refractivity contribution in [2.45, 2.75) is 6.92 Å². The van der Waals surface area contributed by atoms with Crippen LogP contribution in [0.15, 0.2) is 188 Å². The molecule has 0 aliphatic heterocycles. The van der Waals surface area contributed by atoms with Crippen LogP contribution in [0.2, 0.25) is 0 Å². The maximum absolute atomic E-state index is 5.15. The quantitative estimate of drug-likeness (QED) is 0.167. The Labute approximate surface area is 287 Å². The molecule has 49 heavy (non-hydrogen) atoms. The molecule has 0 saturated carbocycles. The zero-order chi connectivity index (χ0) is 33.0. The van der Waals surface area contributed by atoms with Crippen molar-refractivity contribution in [1.29, 1.82) is 0 Å². The molecule has 0 saturated heterocycles. The minimum atomic E-state index is 0.867. The van der Waals surface area contributed by atoms with Crippen LogP contribution < -0.4 is 9.80 Å². The first-order chi connectivity index (χ1) is 24.2. The molecule has 0 bridgehead atoms. The number of hydrogen-bond acceptors (Lipinski definition) is 4. The molecule has 0 spiro atoms. The van der Waals surface area contributed by atoms with Crippen LogP contribution in [0, 0.1) is 6.92 Å². The first-order valence-electron chi connectivity index (χ1n) is 16.5. The zero-order valence-electron chi connectivity index (χ0n) is 27.2. The highest BCUT2D eigenvalue weighted by atomic mass is 15.2. The van der Waals surface area contributed by atoms with Crippen LogP contribution in [0.25, 0.3) is 33.5 Å². The molecular formula is C45H34N4. The Morgan fingerprint density at radius 1 is 0.327 bits per heavy atom. The molecule has 4 nitrogen and oxygen atoms in total. The summed E-state index contributed by atoms with van der Waals surface area (Å²) in [4.78, 5) is 14.8. The Morgan fingerprint density at radius 3 is 1.12 bits per heavy atom. The average molecular weight is 631 g/mol. The van der Waals surface area contributed by atoms with E-state index in [1.165, 1.54) is 5.56 Å². The first-order valence-corrected chi connectivity index (χ1v) is 16.5. The van der Waals surface area contributed by atoms with Gasteiger partial charge in [-0.2, -0.15) is 0 Å². The lowest BCUT2D eigenvalue weighted by atomic mass is 10.0. The van der Waals surface area contributed by atoms with Gasteiger partial charge in [-0.15, -0.1) is 0 Å². The molecule has 1 aromatic heterocycles. The van der Waals surface area contributed by atoms with Crippen LogP contribution in [0.3, 0.4) is 0 Å². The number of aryl methyl sites for hydroxylation is 1. The van der Waals surface area contributed by atoms with E-state index in [9.17, 15) is 0 Å². The third-order valence-corrected chi connectivity index (χ3v) is 8.68. The van der Waals surface area contributed by atoms with Crippen molar-refractivity contribution in [3.63, 3.8) is 0 Å². The van der Waals surface area contributed by atoms with Crippen molar-refractivity contribution >= 4 is 45.2 Å². The van der Waals surface area contributed by atoms with Crippen molar-refractivity contribution in [2.75, 3.05) is 9.80 Å². The molecule has 8 rings (SSSR count). The molecule has 0 fully saturated rings. The molecule has 0 aliphatic rings. The molecular weight excluding hydrogens is 597 g/mol. The summed E-state index contributed by atoms with van der Waals surface area (Å²) in [6.45, 7) is 2.09. The third kappa shape index (κ3) is 6.16. The van der Waals surface area contributed by atoms with Gasteiger partial charge in [-0.3, -0.25) is 0 Å². The minimum Gasteiger partial charge on any atom is -0.311 e. The Bertz CT molecular complexity index is 2270. The number of aromatic nitrogens is 2. The van der Waals surface area contributed by atoms with E-state index in [-0.39, 0.29) is 0 Å². The molecule has 0 N–H and O–H groups in total. The van der Waals surface area contributed by atoms with Crippen LogP contribution >= 0.6 is 0 Å². The highest BCUT2D eigenvalue weighted by Crippen LogP contribution is 2.40. The molecule has 234 valence electrons. The van der Waals surface area contributed by atoms with Crippen LogP contribution in [0.1, 0.15) is 5.56 Å². The Morgan fingerprint density at radius 2 is 0.673 bits per heavy atom. The van der Waals surface area contributed by atoms with E-state index in [4.69, 9.17) is 9.97 Å². The van der Waals surface area contributed by atoms with Gasteiger partial charge in [-0.25, -0.2) is 9.97 Å². The van der Waals surface area contributed by atoms with Crippen molar-refractivity contribution in [3.05, 3.63) is 194 Å². The van der Waals surface area contributed by atoms with Crippen molar-refractivity contribution in [3.8, 4) is 22.5 Å². The van der Waals surface area contributed by atoms with Gasteiger partial charge in [-0.1, -0.05) is 103 Å². The van der Waals surface area contributed by atoms with Gasteiger partial charge < -0.3 is 9.80 Å². The summed E-state index contributed by atoms with van der Waals surface area (Å²) in [7, 11) is 0. The maximum atomic E-state index is 5.15. The number of fused-ring (bicyclic) bond motifs is 1. The lowest BCUT2D eigenvalue weighted by Gasteiger charge is -2.28. The highest BCUT2D eigenvalue weighted by molar-refractivity contribution is 5.88. The normalized spacial score (nSPS) is 11.0. The molecule has 0 unspecified atom stereocenters. The maximum Gasteiger partial charge on any atom is 0.0973 e. The topological polar surface area (TPSA) is 32.3 Å². The van der Waals surface area contributed by atoms with Gasteiger partial charge in [-0.05, 0) is 97.4 Å². The third-order valence-electron chi connectivity index (χ3n) is 8.68. The number of nitrogens with zero attached hydrogens (tertiary/aromatic N) is 4. The fourth-order valence-electron chi connectivity index (χ4n) is 6.31. The predicted molar refractivity (Wildman–Crippen MR) is 205 cm³/mol. The second-order valence-corrected chi connectivity index (χ2v) is 12.0. The summed E-state index contributed by atoms with van der Waals surface area (Å²) in [6.07, 6.45) is 0. The summed E-state index contributed by atoms with van der Waals surface area (Å²) in [5.74, 6) is 0. The molecule has 0 amide bonds. The summed E-state index contributed by atoms with van der Waals surface area (Å²) < 4.78 is 0. The molecule has 8 aromatic rings. The van der Waals surface area contributed by atoms with Gasteiger partial charge in [0.25, 0.3) is 0 Å². The molecule has 0 radical (unpaired) electrons. The van der Waals surface area contributed by atoms with Gasteiger partial charge in [0.1, 0.15) is 0 Å². The lowest BCUT2D eigenvalue weighted by Crippen LogP contribution is -2.12. The first kappa shape index (κ1) is 29.9. The number of hydrogen-bond donors (Lipinski definition) is 0. The average Bonchev–Trinajstić information content (AvgIpc) is 3.17. The number of anilines is 6. The fourth-order valence-corrected chi connectivity index (χ4v) is 6.31. The standard InChI is InChI=1S/C45H34N4/c1-33-22-31-42-43(32-33)47-44(34-14-6-2-7-15-34)45(46-42)35-23-25-39(26-24-35)49(38-20-12-5-13-21-38)41-29-27-40(28-30-41)48(36-16-8-3-9-17-36)37-18-10-4-11-19-37/h2-32H,1H3. The molecule has 0 atom stereocenters. The van der Waals surface area contributed by atoms with Gasteiger partial charge in [0.2, 0.25) is 0 Å². The van der Waals surface area contributed by atoms with Gasteiger partial charge in [0.05, 0.1) is 22.4 Å². The monoisotopic (exact) mass is 630 g/mol. The van der Waals surface area contributed by atoms with Gasteiger partial charge in [0.15, 0.2) is 0 Å². The van der Waals surface area contributed by atoms with E-state index in [0.717, 1.165) is 67.7 Å². The van der Waals surface area contributed by atoms with E-state index in [1.54, 1.807) is 0 Å². The summed E-state index contributed by atoms with van der Waals surface area (Å²) in [6, 6.07) is 65.5. The van der Waals surface area contributed by atoms with Crippen molar-refractivity contribution < 1.29 is 0 Å². The summed E-state index contributed by atoms with van der Waals surface area (Å²) in [5.41, 5.74) is 13.3. The minimum absolute atomic E-state index is 0.867. The summed E-state index contributed by atoms with van der Waals surface area (Å²) in [5, 5.41) is 0. The molecule has 7 aromatic carbocycles. The number of para-hydroxylation sites is 3. The van der Waals surface area contributed by atoms with Crippen LogP contribution in [0.4, 0.5) is 34.1 Å². The highest BCUT2D eigenvalue weighted by Gasteiger charge is 2.18. The Kier molecular flexibility index (Phi) is 8.11. The van der Waals surface area contributed by atoms with Crippen LogP contribution in [-0.4, -0.2) is 9.97 Å². The van der Waals surface area contributed by atoms with E-state index < -0.39 is 0 Å². The fraction of sp³-hybridized carbons (Fsp3) is 0.0222. The van der Waals surface area contributed by atoms with Gasteiger partial charge >= 0.3 is 0 Å². The number of benzene rings is 7. The van der Waals surface area contributed by atoms with Gasteiger partial charge in [0, 0.05) is 45.3 Å². The van der Waals surface area contributed by atoms with E-state index in [2.05, 4.69) is 187 Å². The van der Waals surface area contributed by atoms with E-state index in [1.807, 2.05) is 18.2 Å². The van der Waals surface area contributed by atoms with Crippen LogP contribution in [-0.2, 0) is 0 Å². The van der Waals surface area contributed by atoms with Crippen molar-refractivity contribution in [2.24, 2.45) is 0 Å². The molecule has 4 heteroatoms.